The molecule has 4 nitrogen and oxygen atoms in total. The highest BCUT2D eigenvalue weighted by atomic mass is 32.2. The highest BCUT2D eigenvalue weighted by Gasteiger charge is 1.94. The molecule has 0 spiro atoms. The molecule has 0 aliphatic heterocycles. The first kappa shape index (κ1) is 7.45. The number of rotatable bonds is 2. The third-order valence-electron chi connectivity index (χ3n) is 0.465. The van der Waals surface area contributed by atoms with Gasteiger partial charge < -0.3 is 5.73 Å². The van der Waals surface area contributed by atoms with E-state index >= 15 is 0 Å². The summed E-state index contributed by atoms with van der Waals surface area (Å²) >= 11 is 0. The summed E-state index contributed by atoms with van der Waals surface area (Å²) in [5.74, 6) is -0.191. The Bertz CT molecular complexity index is 170. The van der Waals surface area contributed by atoms with E-state index < -0.39 is 10.0 Å². The summed E-state index contributed by atoms with van der Waals surface area (Å²) in [7, 11) is -3.35. The van der Waals surface area contributed by atoms with Gasteiger partial charge in [-0.15, -0.1) is 0 Å². The molecule has 0 radical (unpaired) electrons. The lowest BCUT2D eigenvalue weighted by Crippen LogP contribution is -2.14. The molecule has 0 atom stereocenters. The van der Waals surface area contributed by atoms with Crippen LogP contribution in [0, 0.1) is 0 Å². The molecule has 0 amide bonds. The van der Waals surface area contributed by atoms with Crippen molar-refractivity contribution in [2.24, 2.45) is 10.9 Å². The minimum atomic E-state index is -3.35. The van der Waals surface area contributed by atoms with Crippen molar-refractivity contribution in [1.82, 2.24) is 0 Å². The van der Waals surface area contributed by atoms with E-state index in [0.29, 0.717) is 0 Å². The smallest absolute Gasteiger partial charge is 0.212 e. The van der Waals surface area contributed by atoms with Crippen LogP contribution in [0.5, 0.6) is 0 Å². The van der Waals surface area contributed by atoms with Crippen LogP contribution >= 0.6 is 0 Å². The quantitative estimate of drug-likeness (QED) is 0.497. The summed E-state index contributed by atoms with van der Waals surface area (Å²) in [4.78, 5) is 0. The van der Waals surface area contributed by atoms with Crippen LogP contribution < -0.4 is 10.9 Å². The van der Waals surface area contributed by atoms with Gasteiger partial charge in [0.2, 0.25) is 10.0 Å². The summed E-state index contributed by atoms with van der Waals surface area (Å²) in [5.41, 5.74) is 4.84. The molecule has 5 heteroatoms. The lowest BCUT2D eigenvalue weighted by Gasteiger charge is -1.85. The van der Waals surface area contributed by atoms with E-state index in [1.807, 2.05) is 0 Å². The lowest BCUT2D eigenvalue weighted by atomic mass is 10.7. The van der Waals surface area contributed by atoms with Gasteiger partial charge in [-0.25, -0.2) is 13.6 Å². The first-order valence-corrected chi connectivity index (χ1v) is 3.65. The first-order valence-electron chi connectivity index (χ1n) is 1.93. The van der Waals surface area contributed by atoms with Crippen molar-refractivity contribution in [3.8, 4) is 0 Å². The molecule has 0 aromatic rings. The fourth-order valence-corrected chi connectivity index (χ4v) is 0.569. The Kier molecular flexibility index (Phi) is 2.50. The van der Waals surface area contributed by atoms with Crippen molar-refractivity contribution in [3.63, 3.8) is 0 Å². The molecule has 0 saturated heterocycles. The molecule has 0 rings (SSSR count). The van der Waals surface area contributed by atoms with Crippen LogP contribution in [0.4, 0.5) is 0 Å². The summed E-state index contributed by atoms with van der Waals surface area (Å²) in [6, 6.07) is 0. The van der Waals surface area contributed by atoms with Crippen molar-refractivity contribution in [2.45, 2.75) is 0 Å². The maximum atomic E-state index is 10.1. The molecule has 0 aromatic heterocycles. The maximum Gasteiger partial charge on any atom is 0.212 e. The summed E-state index contributed by atoms with van der Waals surface area (Å²) in [5, 5.41) is 4.59. The molecule has 0 fully saturated rings. The summed E-state index contributed by atoms with van der Waals surface area (Å²) in [6.07, 6.45) is 2.42. The van der Waals surface area contributed by atoms with Gasteiger partial charge in [0.05, 0.1) is 5.75 Å². The van der Waals surface area contributed by atoms with Gasteiger partial charge in [-0.05, 0) is 6.20 Å². The van der Waals surface area contributed by atoms with E-state index in [2.05, 4.69) is 5.14 Å². The van der Waals surface area contributed by atoms with Crippen LogP contribution in [0.1, 0.15) is 0 Å². The van der Waals surface area contributed by atoms with E-state index in [0.717, 1.165) is 6.20 Å². The fourth-order valence-electron chi connectivity index (χ4n) is 0.190. The number of sulfonamides is 1. The second-order valence-corrected chi connectivity index (χ2v) is 2.92. The van der Waals surface area contributed by atoms with Gasteiger partial charge in [-0.1, -0.05) is 6.08 Å². The standard InChI is InChI=1S/C3H8N2O2S/c4-2-1-3-8(5,6)7/h1-2H,3-4H2,(H2,5,6,7). The molecule has 0 aromatic carbocycles. The van der Waals surface area contributed by atoms with E-state index in [9.17, 15) is 8.42 Å². The summed E-state index contributed by atoms with van der Waals surface area (Å²) < 4.78 is 20.1. The van der Waals surface area contributed by atoms with Crippen molar-refractivity contribution in [1.29, 1.82) is 0 Å². The van der Waals surface area contributed by atoms with E-state index in [4.69, 9.17) is 5.73 Å². The first-order chi connectivity index (χ1) is 3.56. The molecule has 4 N–H and O–H groups in total. The van der Waals surface area contributed by atoms with Gasteiger partial charge in [0.15, 0.2) is 0 Å². The molecular formula is C3H8N2O2S. The highest BCUT2D eigenvalue weighted by Crippen LogP contribution is 1.75. The number of nitrogens with two attached hydrogens (primary N) is 2. The molecule has 0 saturated carbocycles. The van der Waals surface area contributed by atoms with Crippen molar-refractivity contribution >= 4 is 10.0 Å². The predicted molar refractivity (Wildman–Crippen MR) is 31.3 cm³/mol. The van der Waals surface area contributed by atoms with Crippen LogP contribution in [0.3, 0.4) is 0 Å². The van der Waals surface area contributed by atoms with E-state index in [-0.39, 0.29) is 5.75 Å². The molecule has 8 heavy (non-hydrogen) atoms. The minimum absolute atomic E-state index is 0.191. The molecule has 0 unspecified atom stereocenters. The molecule has 48 valence electrons. The monoisotopic (exact) mass is 136 g/mol. The minimum Gasteiger partial charge on any atom is -0.405 e. The zero-order valence-corrected chi connectivity index (χ0v) is 5.06. The highest BCUT2D eigenvalue weighted by molar-refractivity contribution is 7.89. The Hall–Kier alpha value is -0.550. The largest absolute Gasteiger partial charge is 0.405 e. The molecule has 0 bridgehead atoms. The number of hydrogen-bond donors (Lipinski definition) is 2. The Morgan fingerprint density at radius 2 is 2.00 bits per heavy atom. The SMILES string of the molecule is NC=CCS(N)(=O)=O. The molecule has 0 aliphatic carbocycles. The topological polar surface area (TPSA) is 86.2 Å². The predicted octanol–water partition coefficient (Wildman–Crippen LogP) is -1.25. The zero-order valence-electron chi connectivity index (χ0n) is 4.24. The Morgan fingerprint density at radius 1 is 1.50 bits per heavy atom. The molecule has 0 heterocycles. The van der Waals surface area contributed by atoms with E-state index in [1.54, 1.807) is 0 Å². The van der Waals surface area contributed by atoms with Gasteiger partial charge in [0.1, 0.15) is 0 Å². The number of primary sulfonamides is 1. The Balaban J connectivity index is 3.76. The maximum absolute atomic E-state index is 10.1. The number of hydrogen-bond acceptors (Lipinski definition) is 3. The normalized spacial score (nSPS) is 12.6. The molecular weight excluding hydrogens is 128 g/mol. The Morgan fingerprint density at radius 3 is 2.12 bits per heavy atom. The van der Waals surface area contributed by atoms with Crippen molar-refractivity contribution in [2.75, 3.05) is 5.75 Å². The second-order valence-electron chi connectivity index (χ2n) is 1.26. The van der Waals surface area contributed by atoms with Gasteiger partial charge in [0.25, 0.3) is 0 Å². The second kappa shape index (κ2) is 2.68. The summed E-state index contributed by atoms with van der Waals surface area (Å²) in [6.45, 7) is 0. The third-order valence-corrected chi connectivity index (χ3v) is 1.12. The van der Waals surface area contributed by atoms with Gasteiger partial charge in [-0.3, -0.25) is 0 Å². The van der Waals surface area contributed by atoms with Crippen LogP contribution in [0.2, 0.25) is 0 Å². The van der Waals surface area contributed by atoms with Gasteiger partial charge in [-0.2, -0.15) is 0 Å². The van der Waals surface area contributed by atoms with Gasteiger partial charge >= 0.3 is 0 Å². The van der Waals surface area contributed by atoms with E-state index in [1.165, 1.54) is 6.08 Å². The molecule has 0 aliphatic rings. The fraction of sp³-hybridized carbons (Fsp3) is 0.333. The Labute approximate surface area is 48.2 Å². The van der Waals surface area contributed by atoms with Crippen LogP contribution in [-0.4, -0.2) is 14.2 Å². The lowest BCUT2D eigenvalue weighted by molar-refractivity contribution is 0.600. The van der Waals surface area contributed by atoms with Crippen LogP contribution in [-0.2, 0) is 10.0 Å². The zero-order chi connectivity index (χ0) is 6.62. The van der Waals surface area contributed by atoms with Crippen LogP contribution in [0.25, 0.3) is 0 Å². The van der Waals surface area contributed by atoms with Gasteiger partial charge in [0, 0.05) is 0 Å². The van der Waals surface area contributed by atoms with Crippen molar-refractivity contribution < 1.29 is 8.42 Å². The third kappa shape index (κ3) is 5.45. The van der Waals surface area contributed by atoms with Crippen molar-refractivity contribution in [3.05, 3.63) is 12.3 Å². The average molecular weight is 136 g/mol. The van der Waals surface area contributed by atoms with Crippen LogP contribution in [0.15, 0.2) is 12.3 Å². The average Bonchev–Trinajstić information content (AvgIpc) is 1.59.